The Morgan fingerprint density at radius 3 is 2.74 bits per heavy atom. The van der Waals surface area contributed by atoms with E-state index in [1.807, 2.05) is 0 Å². The Bertz CT molecular complexity index is 570. The second kappa shape index (κ2) is 5.91. The molecule has 2 unspecified atom stereocenters. The molecule has 2 N–H and O–H groups in total. The maximum absolute atomic E-state index is 11.1. The summed E-state index contributed by atoms with van der Waals surface area (Å²) in [6.07, 6.45) is 4.65. The first kappa shape index (κ1) is 15.2. The molecule has 1 aliphatic heterocycles. The number of nitrogens with zero attached hydrogens (tertiary/aromatic N) is 1. The summed E-state index contributed by atoms with van der Waals surface area (Å²) in [6.45, 7) is 3.86. The molecule has 3 aliphatic rings. The third-order valence-electron chi connectivity index (χ3n) is 5.90. The Kier molecular flexibility index (Phi) is 3.90. The number of aliphatic carboxylic acids is 1. The van der Waals surface area contributed by atoms with Gasteiger partial charge in [-0.25, -0.2) is 0 Å². The van der Waals surface area contributed by atoms with E-state index in [4.69, 9.17) is 5.11 Å². The monoisotopic (exact) mass is 314 g/mol. The molecular weight excluding hydrogens is 288 g/mol. The molecule has 1 heterocycles. The summed E-state index contributed by atoms with van der Waals surface area (Å²) in [7, 11) is 0. The van der Waals surface area contributed by atoms with E-state index in [1.165, 1.54) is 24.8 Å². The summed E-state index contributed by atoms with van der Waals surface area (Å²) in [6, 6.07) is 11.4. The van der Waals surface area contributed by atoms with Crippen LogP contribution in [0, 0.1) is 11.3 Å². The molecule has 0 bridgehead atoms. The van der Waals surface area contributed by atoms with Gasteiger partial charge in [0.05, 0.1) is 5.92 Å². The molecule has 0 radical (unpaired) electrons. The van der Waals surface area contributed by atoms with Gasteiger partial charge in [-0.2, -0.15) is 0 Å². The van der Waals surface area contributed by atoms with Gasteiger partial charge in [0.15, 0.2) is 0 Å². The van der Waals surface area contributed by atoms with Crippen LogP contribution >= 0.6 is 0 Å². The van der Waals surface area contributed by atoms with Gasteiger partial charge in [0.1, 0.15) is 0 Å². The molecule has 1 aromatic carbocycles. The first-order chi connectivity index (χ1) is 11.2. The number of benzene rings is 1. The minimum absolute atomic E-state index is 0.148. The molecule has 3 fully saturated rings. The second-order valence-electron chi connectivity index (χ2n) is 7.80. The third-order valence-corrected chi connectivity index (χ3v) is 5.90. The summed E-state index contributed by atoms with van der Waals surface area (Å²) < 4.78 is 0. The zero-order valence-corrected chi connectivity index (χ0v) is 13.6. The Hall–Kier alpha value is -1.39. The van der Waals surface area contributed by atoms with Gasteiger partial charge in [-0.15, -0.1) is 0 Å². The first-order valence-corrected chi connectivity index (χ1v) is 8.89. The third kappa shape index (κ3) is 3.43. The predicted octanol–water partition coefficient (Wildman–Crippen LogP) is 2.32. The van der Waals surface area contributed by atoms with Crippen LogP contribution in [0.2, 0.25) is 0 Å². The standard InChI is InChI=1S/C19H26N2O2/c22-18(23)15-6-9-21(11-15)13-19(7-8-19)12-20-17-10-16(17)14-4-2-1-3-5-14/h1-5,15-17,20H,6-13H2,(H,22,23)/t15-,16?,17?/m1/s1. The largest absolute Gasteiger partial charge is 0.481 e. The van der Waals surface area contributed by atoms with Gasteiger partial charge in [-0.3, -0.25) is 4.79 Å². The van der Waals surface area contributed by atoms with Crippen LogP contribution in [0.5, 0.6) is 0 Å². The molecule has 3 atom stereocenters. The molecule has 4 rings (SSSR count). The Morgan fingerprint density at radius 1 is 1.30 bits per heavy atom. The molecule has 1 saturated heterocycles. The van der Waals surface area contributed by atoms with E-state index in [-0.39, 0.29) is 5.92 Å². The number of carboxylic acid groups (broad SMARTS) is 1. The molecule has 0 amide bonds. The maximum atomic E-state index is 11.1. The number of carboxylic acids is 1. The van der Waals surface area contributed by atoms with E-state index in [0.29, 0.717) is 17.4 Å². The minimum Gasteiger partial charge on any atom is -0.481 e. The lowest BCUT2D eigenvalue weighted by Gasteiger charge is -2.23. The molecule has 0 aromatic heterocycles. The summed E-state index contributed by atoms with van der Waals surface area (Å²) >= 11 is 0. The van der Waals surface area contributed by atoms with E-state index in [1.54, 1.807) is 0 Å². The average molecular weight is 314 g/mol. The van der Waals surface area contributed by atoms with Crippen molar-refractivity contribution in [2.24, 2.45) is 11.3 Å². The Morgan fingerprint density at radius 2 is 2.09 bits per heavy atom. The van der Waals surface area contributed by atoms with Gasteiger partial charge in [0.2, 0.25) is 0 Å². The summed E-state index contributed by atoms with van der Waals surface area (Å²) in [4.78, 5) is 13.5. The van der Waals surface area contributed by atoms with E-state index >= 15 is 0 Å². The van der Waals surface area contributed by atoms with Crippen molar-refractivity contribution in [3.8, 4) is 0 Å². The number of hydrogen-bond acceptors (Lipinski definition) is 3. The van der Waals surface area contributed by atoms with E-state index in [0.717, 1.165) is 32.6 Å². The lowest BCUT2D eigenvalue weighted by Crippen LogP contribution is -2.36. The van der Waals surface area contributed by atoms with Crippen molar-refractivity contribution in [2.45, 2.75) is 37.6 Å². The summed E-state index contributed by atoms with van der Waals surface area (Å²) in [5.74, 6) is -0.0843. The molecule has 2 aliphatic carbocycles. The van der Waals surface area contributed by atoms with Crippen molar-refractivity contribution in [2.75, 3.05) is 26.2 Å². The zero-order chi connectivity index (χ0) is 15.9. The number of nitrogens with one attached hydrogen (secondary N) is 1. The summed E-state index contributed by atoms with van der Waals surface area (Å²) in [5.41, 5.74) is 1.87. The number of likely N-dealkylation sites (tertiary alicyclic amines) is 1. The highest BCUT2D eigenvalue weighted by Crippen LogP contribution is 2.48. The van der Waals surface area contributed by atoms with Crippen molar-refractivity contribution in [3.05, 3.63) is 35.9 Å². The lowest BCUT2D eigenvalue weighted by molar-refractivity contribution is -0.141. The molecular formula is C19H26N2O2. The fraction of sp³-hybridized carbons (Fsp3) is 0.632. The Labute approximate surface area is 137 Å². The molecule has 124 valence electrons. The molecule has 4 heteroatoms. The van der Waals surface area contributed by atoms with Crippen molar-refractivity contribution in [1.82, 2.24) is 10.2 Å². The van der Waals surface area contributed by atoms with E-state index in [2.05, 4.69) is 40.5 Å². The van der Waals surface area contributed by atoms with E-state index in [9.17, 15) is 4.79 Å². The van der Waals surface area contributed by atoms with Gasteiger partial charge in [-0.1, -0.05) is 30.3 Å². The van der Waals surface area contributed by atoms with Crippen LogP contribution in [-0.2, 0) is 4.79 Å². The van der Waals surface area contributed by atoms with Gasteiger partial charge in [0.25, 0.3) is 0 Å². The van der Waals surface area contributed by atoms with Gasteiger partial charge in [-0.05, 0) is 43.2 Å². The fourth-order valence-electron chi connectivity index (χ4n) is 4.06. The highest BCUT2D eigenvalue weighted by atomic mass is 16.4. The highest BCUT2D eigenvalue weighted by Gasteiger charge is 2.47. The summed E-state index contributed by atoms with van der Waals surface area (Å²) in [5, 5.41) is 12.9. The molecule has 2 saturated carbocycles. The number of hydrogen-bond donors (Lipinski definition) is 2. The lowest BCUT2D eigenvalue weighted by atomic mass is 10.1. The Balaban J connectivity index is 1.23. The predicted molar refractivity (Wildman–Crippen MR) is 89.4 cm³/mol. The van der Waals surface area contributed by atoms with Crippen LogP contribution < -0.4 is 5.32 Å². The van der Waals surface area contributed by atoms with Crippen molar-refractivity contribution >= 4 is 5.97 Å². The quantitative estimate of drug-likeness (QED) is 0.811. The maximum Gasteiger partial charge on any atom is 0.307 e. The minimum atomic E-state index is -0.626. The zero-order valence-electron chi connectivity index (χ0n) is 13.6. The first-order valence-electron chi connectivity index (χ1n) is 8.89. The fourth-order valence-corrected chi connectivity index (χ4v) is 4.06. The normalized spacial score (nSPS) is 31.9. The molecule has 0 spiro atoms. The van der Waals surface area contributed by atoms with Gasteiger partial charge >= 0.3 is 5.97 Å². The van der Waals surface area contributed by atoms with E-state index < -0.39 is 5.97 Å². The SMILES string of the molecule is O=C(O)[C@@H]1CCN(CC2(CNC3CC3c3ccccc3)CC2)C1. The van der Waals surface area contributed by atoms with Crippen LogP contribution in [0.1, 0.15) is 37.2 Å². The van der Waals surface area contributed by atoms with Crippen LogP contribution in [0.15, 0.2) is 30.3 Å². The molecule has 4 nitrogen and oxygen atoms in total. The van der Waals surface area contributed by atoms with Crippen molar-refractivity contribution < 1.29 is 9.90 Å². The number of rotatable bonds is 7. The van der Waals surface area contributed by atoms with Crippen molar-refractivity contribution in [3.63, 3.8) is 0 Å². The van der Waals surface area contributed by atoms with Crippen LogP contribution in [0.4, 0.5) is 0 Å². The smallest absolute Gasteiger partial charge is 0.307 e. The van der Waals surface area contributed by atoms with Crippen LogP contribution in [0.3, 0.4) is 0 Å². The highest BCUT2D eigenvalue weighted by molar-refractivity contribution is 5.70. The molecule has 23 heavy (non-hydrogen) atoms. The molecule has 1 aromatic rings. The van der Waals surface area contributed by atoms with Crippen molar-refractivity contribution in [1.29, 1.82) is 0 Å². The van der Waals surface area contributed by atoms with Gasteiger partial charge < -0.3 is 15.3 Å². The number of carbonyl (C=O) groups is 1. The van der Waals surface area contributed by atoms with Crippen LogP contribution in [-0.4, -0.2) is 48.2 Å². The average Bonchev–Trinajstić information content (AvgIpc) is 3.44. The second-order valence-corrected chi connectivity index (χ2v) is 7.80. The van der Waals surface area contributed by atoms with Gasteiger partial charge in [0, 0.05) is 31.6 Å². The topological polar surface area (TPSA) is 52.6 Å². The van der Waals surface area contributed by atoms with Crippen LogP contribution in [0.25, 0.3) is 0 Å².